The molecule has 0 aliphatic rings. The Bertz CT molecular complexity index is 1710. The molecule has 0 saturated heterocycles. The van der Waals surface area contributed by atoms with E-state index in [-0.39, 0.29) is 0 Å². The maximum Gasteiger partial charge on any atom is 0.108 e. The fraction of sp³-hybridized carbons (Fsp3) is 0.0270. The molecule has 41 heavy (non-hydrogen) atoms. The summed E-state index contributed by atoms with van der Waals surface area (Å²) >= 11 is 0. The van der Waals surface area contributed by atoms with E-state index in [1.807, 2.05) is 31.3 Å². The van der Waals surface area contributed by atoms with E-state index in [1.165, 1.54) is 11.1 Å². The third kappa shape index (κ3) is 5.63. The summed E-state index contributed by atoms with van der Waals surface area (Å²) in [6.45, 7) is 0. The molecule has 198 valence electrons. The molecule has 4 heteroatoms. The molecular weight excluding hydrogens is 502 g/mol. The van der Waals surface area contributed by atoms with Crippen LogP contribution in [0, 0.1) is 4.91 Å². The van der Waals surface area contributed by atoms with E-state index in [4.69, 9.17) is 0 Å². The summed E-state index contributed by atoms with van der Waals surface area (Å²) in [6, 6.07) is 54.1. The van der Waals surface area contributed by atoms with Crippen LogP contribution in [0.5, 0.6) is 0 Å². The van der Waals surface area contributed by atoms with Crippen molar-refractivity contribution >= 4 is 34.1 Å². The Morgan fingerprint density at radius 2 is 0.732 bits per heavy atom. The zero-order valence-electron chi connectivity index (χ0n) is 22.8. The van der Waals surface area contributed by atoms with Gasteiger partial charge >= 0.3 is 0 Å². The summed E-state index contributed by atoms with van der Waals surface area (Å²) in [5.74, 6) is 0. The number of para-hydroxylation sites is 1. The molecule has 6 rings (SSSR count). The number of hydrogen-bond donors (Lipinski definition) is 0. The van der Waals surface area contributed by atoms with Gasteiger partial charge in [-0.2, -0.15) is 0 Å². The van der Waals surface area contributed by atoms with E-state index in [1.54, 1.807) is 12.1 Å². The van der Waals surface area contributed by atoms with Crippen LogP contribution in [0.2, 0.25) is 0 Å². The van der Waals surface area contributed by atoms with Crippen molar-refractivity contribution in [2.75, 3.05) is 16.8 Å². The Balaban J connectivity index is 1.25. The first-order valence-corrected chi connectivity index (χ1v) is 13.6. The first kappa shape index (κ1) is 25.8. The van der Waals surface area contributed by atoms with Gasteiger partial charge < -0.3 is 9.80 Å². The molecule has 0 bridgehead atoms. The van der Waals surface area contributed by atoms with Crippen LogP contribution in [0.25, 0.3) is 22.3 Å². The Hall–Kier alpha value is -5.48. The molecule has 6 aromatic carbocycles. The Morgan fingerprint density at radius 3 is 1.17 bits per heavy atom. The maximum atomic E-state index is 10.7. The number of rotatable bonds is 8. The highest BCUT2D eigenvalue weighted by molar-refractivity contribution is 5.80. The van der Waals surface area contributed by atoms with Gasteiger partial charge in [0.1, 0.15) is 5.69 Å². The zero-order chi connectivity index (χ0) is 28.0. The average Bonchev–Trinajstić information content (AvgIpc) is 3.06. The number of nitroso groups, excluding NO2 is 1. The first-order chi connectivity index (χ1) is 20.2. The van der Waals surface area contributed by atoms with E-state index >= 15 is 0 Å². The van der Waals surface area contributed by atoms with Crippen molar-refractivity contribution in [3.8, 4) is 22.3 Å². The van der Waals surface area contributed by atoms with Crippen LogP contribution in [0.1, 0.15) is 0 Å². The topological polar surface area (TPSA) is 35.9 Å². The van der Waals surface area contributed by atoms with Crippen molar-refractivity contribution in [2.45, 2.75) is 0 Å². The van der Waals surface area contributed by atoms with Gasteiger partial charge in [0.2, 0.25) is 0 Å². The molecule has 0 aromatic heterocycles. The summed E-state index contributed by atoms with van der Waals surface area (Å²) in [5.41, 5.74) is 10.5. The van der Waals surface area contributed by atoms with Gasteiger partial charge in [-0.25, -0.2) is 0 Å². The van der Waals surface area contributed by atoms with Gasteiger partial charge in [-0.3, -0.25) is 0 Å². The Labute approximate surface area is 240 Å². The lowest BCUT2D eigenvalue weighted by atomic mass is 10.0. The van der Waals surface area contributed by atoms with Gasteiger partial charge in [0.15, 0.2) is 0 Å². The van der Waals surface area contributed by atoms with Crippen LogP contribution in [0.4, 0.5) is 34.1 Å². The van der Waals surface area contributed by atoms with Crippen molar-refractivity contribution in [3.05, 3.63) is 163 Å². The van der Waals surface area contributed by atoms with E-state index in [9.17, 15) is 4.91 Å². The highest BCUT2D eigenvalue weighted by atomic mass is 16.3. The zero-order valence-corrected chi connectivity index (χ0v) is 22.8. The Kier molecular flexibility index (Phi) is 7.37. The molecule has 0 atom stereocenters. The molecule has 0 fully saturated rings. The van der Waals surface area contributed by atoms with Gasteiger partial charge in [0, 0.05) is 35.5 Å². The number of nitrogens with zero attached hydrogens (tertiary/aromatic N) is 3. The van der Waals surface area contributed by atoms with Crippen LogP contribution in [0.3, 0.4) is 0 Å². The lowest BCUT2D eigenvalue weighted by Gasteiger charge is -2.26. The van der Waals surface area contributed by atoms with Crippen LogP contribution in [-0.4, -0.2) is 7.05 Å². The second-order valence-electron chi connectivity index (χ2n) is 9.84. The summed E-state index contributed by atoms with van der Waals surface area (Å²) < 4.78 is 0. The van der Waals surface area contributed by atoms with Gasteiger partial charge in [-0.1, -0.05) is 84.9 Å². The van der Waals surface area contributed by atoms with Crippen molar-refractivity contribution in [3.63, 3.8) is 0 Å². The largest absolute Gasteiger partial charge is 0.345 e. The van der Waals surface area contributed by atoms with Crippen LogP contribution in [-0.2, 0) is 0 Å². The molecule has 0 unspecified atom stereocenters. The smallest absolute Gasteiger partial charge is 0.108 e. The van der Waals surface area contributed by atoms with Gasteiger partial charge in [0.25, 0.3) is 0 Å². The molecule has 6 aromatic rings. The SMILES string of the molecule is CN(c1ccc(N=O)cc1)c1ccc(-c2ccc(N(c3ccccc3)c3ccc(-c4ccccc4)cc3)cc2)cc1. The van der Waals surface area contributed by atoms with Crippen LogP contribution < -0.4 is 9.80 Å². The van der Waals surface area contributed by atoms with Crippen LogP contribution >= 0.6 is 0 Å². The van der Waals surface area contributed by atoms with E-state index in [0.717, 1.165) is 39.6 Å². The number of anilines is 5. The number of hydrogen-bond acceptors (Lipinski definition) is 4. The minimum absolute atomic E-state index is 0.427. The van der Waals surface area contributed by atoms with E-state index in [2.05, 4.69) is 136 Å². The first-order valence-electron chi connectivity index (χ1n) is 13.6. The van der Waals surface area contributed by atoms with E-state index in [0.29, 0.717) is 5.69 Å². The van der Waals surface area contributed by atoms with Crippen molar-refractivity contribution in [1.82, 2.24) is 0 Å². The molecule has 0 heterocycles. The second kappa shape index (κ2) is 11.7. The summed E-state index contributed by atoms with van der Waals surface area (Å²) in [4.78, 5) is 15.1. The summed E-state index contributed by atoms with van der Waals surface area (Å²) in [7, 11) is 2.01. The molecule has 0 aliphatic heterocycles. The summed E-state index contributed by atoms with van der Waals surface area (Å²) in [5, 5.41) is 2.98. The third-order valence-corrected chi connectivity index (χ3v) is 7.30. The van der Waals surface area contributed by atoms with Gasteiger partial charge in [-0.15, -0.1) is 4.91 Å². The minimum Gasteiger partial charge on any atom is -0.345 e. The highest BCUT2D eigenvalue weighted by Gasteiger charge is 2.13. The molecule has 4 nitrogen and oxygen atoms in total. The van der Waals surface area contributed by atoms with Gasteiger partial charge in [-0.05, 0) is 100 Å². The molecule has 0 radical (unpaired) electrons. The molecule has 0 aliphatic carbocycles. The average molecular weight is 532 g/mol. The predicted molar refractivity (Wildman–Crippen MR) is 172 cm³/mol. The van der Waals surface area contributed by atoms with Crippen molar-refractivity contribution < 1.29 is 0 Å². The predicted octanol–water partition coefficient (Wildman–Crippen LogP) is 10.7. The van der Waals surface area contributed by atoms with Crippen LogP contribution in [0.15, 0.2) is 163 Å². The fourth-order valence-corrected chi connectivity index (χ4v) is 5.02. The maximum absolute atomic E-state index is 10.7. The molecule has 0 N–H and O–H groups in total. The normalized spacial score (nSPS) is 10.7. The standard InChI is InChI=1S/C37H29N3O/c1-39(34-26-18-32(38-41)19-27-34)33-20-12-30(13-21-33)31-16-24-37(25-17-31)40(35-10-6-3-7-11-35)36-22-14-29(15-23-36)28-8-4-2-5-9-28/h2-27H,1H3. The molecular formula is C37H29N3O. The minimum atomic E-state index is 0.427. The Morgan fingerprint density at radius 1 is 0.390 bits per heavy atom. The summed E-state index contributed by atoms with van der Waals surface area (Å²) in [6.07, 6.45) is 0. The second-order valence-corrected chi connectivity index (χ2v) is 9.84. The van der Waals surface area contributed by atoms with Crippen molar-refractivity contribution in [2.24, 2.45) is 5.18 Å². The molecule has 0 amide bonds. The molecule has 0 saturated carbocycles. The monoisotopic (exact) mass is 531 g/mol. The third-order valence-electron chi connectivity index (χ3n) is 7.30. The lowest BCUT2D eigenvalue weighted by molar-refractivity contribution is 1.21. The lowest BCUT2D eigenvalue weighted by Crippen LogP contribution is -2.09. The fourth-order valence-electron chi connectivity index (χ4n) is 5.02. The molecule has 0 spiro atoms. The highest BCUT2D eigenvalue weighted by Crippen LogP contribution is 2.37. The number of benzene rings is 6. The van der Waals surface area contributed by atoms with Crippen molar-refractivity contribution in [1.29, 1.82) is 0 Å². The van der Waals surface area contributed by atoms with E-state index < -0.39 is 0 Å². The van der Waals surface area contributed by atoms with Gasteiger partial charge in [0.05, 0.1) is 0 Å². The quantitative estimate of drug-likeness (QED) is 0.183.